The second-order valence-electron chi connectivity index (χ2n) is 4.87. The van der Waals surface area contributed by atoms with Crippen molar-refractivity contribution in [1.29, 1.82) is 0 Å². The van der Waals surface area contributed by atoms with Crippen LogP contribution in [0.15, 0.2) is 0 Å². The summed E-state index contributed by atoms with van der Waals surface area (Å²) in [5.41, 5.74) is 5.75. The molecule has 1 amide bonds. The van der Waals surface area contributed by atoms with Crippen molar-refractivity contribution < 1.29 is 9.53 Å². The van der Waals surface area contributed by atoms with E-state index in [1.54, 1.807) is 0 Å². The van der Waals surface area contributed by atoms with Gasteiger partial charge in [0.1, 0.15) is 0 Å². The smallest absolute Gasteiger partial charge is 0.237 e. The van der Waals surface area contributed by atoms with Crippen LogP contribution in [0.3, 0.4) is 0 Å². The number of rotatable bonds is 6. The summed E-state index contributed by atoms with van der Waals surface area (Å²) in [7, 11) is 0. The Labute approximate surface area is 104 Å². The molecule has 1 rings (SSSR count). The van der Waals surface area contributed by atoms with Crippen LogP contribution in [0.2, 0.25) is 0 Å². The number of ether oxygens (including phenoxy) is 1. The summed E-state index contributed by atoms with van der Waals surface area (Å²) in [6, 6.07) is -0.390. The summed E-state index contributed by atoms with van der Waals surface area (Å²) in [5.74, 6) is 0.149. The Hall–Kier alpha value is -0.650. The maximum absolute atomic E-state index is 11.6. The lowest BCUT2D eigenvalue weighted by molar-refractivity contribution is -0.123. The number of hydrogen-bond donors (Lipinski definition) is 2. The zero-order valence-electron chi connectivity index (χ0n) is 10.9. The van der Waals surface area contributed by atoms with Crippen LogP contribution < -0.4 is 11.1 Å². The largest absolute Gasteiger partial charge is 0.379 e. The fraction of sp³-hybridized carbons (Fsp3) is 0.917. The lowest BCUT2D eigenvalue weighted by Gasteiger charge is -2.26. The minimum Gasteiger partial charge on any atom is -0.379 e. The summed E-state index contributed by atoms with van der Waals surface area (Å²) in [6.07, 6.45) is 0.969. The molecule has 1 heterocycles. The number of nitrogens with two attached hydrogens (primary N) is 1. The first-order chi connectivity index (χ1) is 8.11. The highest BCUT2D eigenvalue weighted by Gasteiger charge is 2.16. The molecule has 1 fully saturated rings. The first-order valence-corrected chi connectivity index (χ1v) is 6.44. The van der Waals surface area contributed by atoms with Gasteiger partial charge in [0.25, 0.3) is 0 Å². The molecule has 1 saturated heterocycles. The van der Waals surface area contributed by atoms with Crippen molar-refractivity contribution in [2.45, 2.75) is 26.3 Å². The maximum Gasteiger partial charge on any atom is 0.237 e. The minimum atomic E-state index is -0.390. The third-order valence-electron chi connectivity index (χ3n) is 3.08. The quantitative estimate of drug-likeness (QED) is 0.634. The van der Waals surface area contributed by atoms with E-state index < -0.39 is 6.04 Å². The predicted molar refractivity (Wildman–Crippen MR) is 67.7 cm³/mol. The molecular formula is C12H25N3O2. The Kier molecular flexibility index (Phi) is 6.47. The van der Waals surface area contributed by atoms with Crippen LogP contribution in [0.4, 0.5) is 0 Å². The van der Waals surface area contributed by atoms with Gasteiger partial charge in [-0.05, 0) is 18.9 Å². The molecular weight excluding hydrogens is 218 g/mol. The van der Waals surface area contributed by atoms with Gasteiger partial charge in [-0.1, -0.05) is 13.8 Å². The van der Waals surface area contributed by atoms with Gasteiger partial charge in [-0.25, -0.2) is 0 Å². The van der Waals surface area contributed by atoms with E-state index in [1.807, 2.05) is 13.8 Å². The number of carbonyl (C=O) groups is 1. The Bertz CT molecular complexity index is 228. The third-order valence-corrected chi connectivity index (χ3v) is 3.08. The summed E-state index contributed by atoms with van der Waals surface area (Å²) < 4.78 is 5.27. The van der Waals surface area contributed by atoms with Gasteiger partial charge in [-0.15, -0.1) is 0 Å². The molecule has 0 aromatic rings. The van der Waals surface area contributed by atoms with E-state index in [2.05, 4.69) is 10.2 Å². The molecule has 100 valence electrons. The summed E-state index contributed by atoms with van der Waals surface area (Å²) in [4.78, 5) is 13.9. The molecule has 0 spiro atoms. The third kappa shape index (κ3) is 5.48. The van der Waals surface area contributed by atoms with Crippen LogP contribution in [0.1, 0.15) is 20.3 Å². The highest BCUT2D eigenvalue weighted by Crippen LogP contribution is 1.99. The van der Waals surface area contributed by atoms with Crippen molar-refractivity contribution in [3.63, 3.8) is 0 Å². The van der Waals surface area contributed by atoms with Gasteiger partial charge in [0.2, 0.25) is 5.91 Å². The lowest BCUT2D eigenvalue weighted by Crippen LogP contribution is -2.45. The molecule has 0 aliphatic carbocycles. The SMILES string of the molecule is CC(C)[C@H](N)C(=O)NCCCN1CCOCC1. The fourth-order valence-electron chi connectivity index (χ4n) is 1.76. The van der Waals surface area contributed by atoms with Crippen molar-refractivity contribution in [1.82, 2.24) is 10.2 Å². The maximum atomic E-state index is 11.6. The average molecular weight is 243 g/mol. The summed E-state index contributed by atoms with van der Waals surface area (Å²) in [5, 5.41) is 2.88. The second-order valence-corrected chi connectivity index (χ2v) is 4.87. The molecule has 0 bridgehead atoms. The molecule has 17 heavy (non-hydrogen) atoms. The van der Waals surface area contributed by atoms with Crippen LogP contribution in [-0.4, -0.2) is 56.2 Å². The van der Waals surface area contributed by atoms with Gasteiger partial charge < -0.3 is 15.8 Å². The molecule has 3 N–H and O–H groups in total. The Morgan fingerprint density at radius 2 is 2.06 bits per heavy atom. The Morgan fingerprint density at radius 1 is 1.41 bits per heavy atom. The first-order valence-electron chi connectivity index (χ1n) is 6.44. The Morgan fingerprint density at radius 3 is 2.65 bits per heavy atom. The van der Waals surface area contributed by atoms with Crippen molar-refractivity contribution in [3.05, 3.63) is 0 Å². The van der Waals surface area contributed by atoms with Gasteiger partial charge in [-0.3, -0.25) is 9.69 Å². The highest BCUT2D eigenvalue weighted by molar-refractivity contribution is 5.81. The van der Waals surface area contributed by atoms with Gasteiger partial charge in [-0.2, -0.15) is 0 Å². The van der Waals surface area contributed by atoms with Gasteiger partial charge in [0.15, 0.2) is 0 Å². The van der Waals surface area contributed by atoms with Crippen molar-refractivity contribution >= 4 is 5.91 Å². The molecule has 0 radical (unpaired) electrons. The summed E-state index contributed by atoms with van der Waals surface area (Å²) >= 11 is 0. The Balaban J connectivity index is 2.05. The monoisotopic (exact) mass is 243 g/mol. The van der Waals surface area contributed by atoms with Crippen molar-refractivity contribution in [3.8, 4) is 0 Å². The molecule has 0 aromatic carbocycles. The normalized spacial score (nSPS) is 19.3. The van der Waals surface area contributed by atoms with Crippen LogP contribution >= 0.6 is 0 Å². The molecule has 1 atom stereocenters. The number of nitrogens with one attached hydrogen (secondary N) is 1. The molecule has 0 saturated carbocycles. The number of amides is 1. The van der Waals surface area contributed by atoms with E-state index in [0.29, 0.717) is 6.54 Å². The fourth-order valence-corrected chi connectivity index (χ4v) is 1.76. The molecule has 5 nitrogen and oxygen atoms in total. The highest BCUT2D eigenvalue weighted by atomic mass is 16.5. The van der Waals surface area contributed by atoms with Gasteiger partial charge in [0.05, 0.1) is 19.3 Å². The number of hydrogen-bond acceptors (Lipinski definition) is 4. The summed E-state index contributed by atoms with van der Waals surface area (Å²) in [6.45, 7) is 9.28. The zero-order chi connectivity index (χ0) is 12.7. The van der Waals surface area contributed by atoms with Gasteiger partial charge >= 0.3 is 0 Å². The number of nitrogens with zero attached hydrogens (tertiary/aromatic N) is 1. The number of carbonyl (C=O) groups excluding carboxylic acids is 1. The van der Waals surface area contributed by atoms with Crippen LogP contribution in [-0.2, 0) is 9.53 Å². The van der Waals surface area contributed by atoms with E-state index in [4.69, 9.17) is 10.5 Å². The van der Waals surface area contributed by atoms with Crippen LogP contribution in [0.5, 0.6) is 0 Å². The first kappa shape index (κ1) is 14.4. The zero-order valence-corrected chi connectivity index (χ0v) is 10.9. The van der Waals surface area contributed by atoms with Crippen molar-refractivity contribution in [2.75, 3.05) is 39.4 Å². The molecule has 1 aliphatic heterocycles. The topological polar surface area (TPSA) is 67.6 Å². The molecule has 0 aromatic heterocycles. The minimum absolute atomic E-state index is 0.0398. The molecule has 1 aliphatic rings. The van der Waals surface area contributed by atoms with Crippen LogP contribution in [0, 0.1) is 5.92 Å². The molecule has 5 heteroatoms. The van der Waals surface area contributed by atoms with E-state index >= 15 is 0 Å². The van der Waals surface area contributed by atoms with Crippen LogP contribution in [0.25, 0.3) is 0 Å². The van der Waals surface area contributed by atoms with Gasteiger partial charge in [0, 0.05) is 19.6 Å². The lowest BCUT2D eigenvalue weighted by atomic mass is 10.1. The van der Waals surface area contributed by atoms with E-state index in [0.717, 1.165) is 39.3 Å². The second kappa shape index (κ2) is 7.63. The molecule has 0 unspecified atom stereocenters. The van der Waals surface area contributed by atoms with E-state index in [-0.39, 0.29) is 11.8 Å². The average Bonchev–Trinajstić information content (AvgIpc) is 2.34. The van der Waals surface area contributed by atoms with E-state index in [1.165, 1.54) is 0 Å². The van der Waals surface area contributed by atoms with E-state index in [9.17, 15) is 4.79 Å². The predicted octanol–water partition coefficient (Wildman–Crippen LogP) is -0.192. The number of morpholine rings is 1. The van der Waals surface area contributed by atoms with Crippen molar-refractivity contribution in [2.24, 2.45) is 11.7 Å². The standard InChI is InChI=1S/C12H25N3O2/c1-10(2)11(13)12(16)14-4-3-5-15-6-8-17-9-7-15/h10-11H,3-9,13H2,1-2H3,(H,14,16)/t11-/m0/s1.